The van der Waals surface area contributed by atoms with Crippen molar-refractivity contribution < 1.29 is 13.2 Å². The number of hydrazone groups is 1. The summed E-state index contributed by atoms with van der Waals surface area (Å²) in [4.78, 5) is 11.9. The zero-order valence-electron chi connectivity index (χ0n) is 12.5. The number of nitrogens with one attached hydrogen (secondary N) is 1. The first kappa shape index (κ1) is 15.7. The Balaban J connectivity index is 2.07. The van der Waals surface area contributed by atoms with Crippen LogP contribution in [0, 0.1) is 19.8 Å². The van der Waals surface area contributed by atoms with E-state index in [4.69, 9.17) is 0 Å². The fourth-order valence-electron chi connectivity index (χ4n) is 2.42. The van der Waals surface area contributed by atoms with E-state index >= 15 is 0 Å². The monoisotopic (exact) mass is 308 g/mol. The van der Waals surface area contributed by atoms with Crippen molar-refractivity contribution in [2.24, 2.45) is 11.0 Å². The number of rotatable bonds is 3. The summed E-state index contributed by atoms with van der Waals surface area (Å²) in [6, 6.07) is 6.05. The van der Waals surface area contributed by atoms with Gasteiger partial charge in [-0.05, 0) is 38.8 Å². The normalized spacial score (nSPS) is 21.3. The second-order valence-corrected chi connectivity index (χ2v) is 7.82. The van der Waals surface area contributed by atoms with Gasteiger partial charge >= 0.3 is 0 Å². The molecule has 0 unspecified atom stereocenters. The third-order valence-corrected chi connectivity index (χ3v) is 5.49. The van der Waals surface area contributed by atoms with Gasteiger partial charge in [0.2, 0.25) is 5.91 Å². The lowest BCUT2D eigenvalue weighted by atomic mass is 10.0. The molecule has 6 heteroatoms. The second kappa shape index (κ2) is 5.97. The predicted molar refractivity (Wildman–Crippen MR) is 83.0 cm³/mol. The number of hydrogen-bond donors (Lipinski definition) is 1. The first-order valence-electron chi connectivity index (χ1n) is 6.91. The van der Waals surface area contributed by atoms with Crippen LogP contribution in [0.4, 0.5) is 0 Å². The molecule has 1 aromatic carbocycles. The minimum atomic E-state index is -3.05. The molecule has 1 atom stereocenters. The molecule has 0 spiro atoms. The number of nitrogens with zero attached hydrogens (tertiary/aromatic N) is 1. The van der Waals surface area contributed by atoms with E-state index in [1.54, 1.807) is 0 Å². The Morgan fingerprint density at radius 2 is 2.05 bits per heavy atom. The Hall–Kier alpha value is -1.69. The molecule has 1 aromatic rings. The Morgan fingerprint density at radius 1 is 1.33 bits per heavy atom. The van der Waals surface area contributed by atoms with Crippen LogP contribution in [0.3, 0.4) is 0 Å². The van der Waals surface area contributed by atoms with Crippen LogP contribution in [0.15, 0.2) is 23.3 Å². The van der Waals surface area contributed by atoms with Crippen LogP contribution < -0.4 is 5.43 Å². The van der Waals surface area contributed by atoms with Crippen LogP contribution in [-0.2, 0) is 14.6 Å². The van der Waals surface area contributed by atoms with Crippen LogP contribution in [0.5, 0.6) is 0 Å². The zero-order valence-corrected chi connectivity index (χ0v) is 13.3. The molecule has 0 aliphatic carbocycles. The second-order valence-electron chi connectivity index (χ2n) is 5.59. The van der Waals surface area contributed by atoms with Gasteiger partial charge in [-0.25, -0.2) is 13.8 Å². The van der Waals surface area contributed by atoms with E-state index in [0.717, 1.165) is 16.7 Å². The first-order valence-corrected chi connectivity index (χ1v) is 8.73. The van der Waals surface area contributed by atoms with Crippen molar-refractivity contribution in [2.45, 2.75) is 27.2 Å². The lowest BCUT2D eigenvalue weighted by Gasteiger charge is -2.09. The zero-order chi connectivity index (χ0) is 15.6. The number of benzene rings is 1. The number of amides is 1. The van der Waals surface area contributed by atoms with Crippen molar-refractivity contribution in [3.63, 3.8) is 0 Å². The summed E-state index contributed by atoms with van der Waals surface area (Å²) in [7, 11) is -3.05. The Morgan fingerprint density at radius 3 is 2.67 bits per heavy atom. The summed E-state index contributed by atoms with van der Waals surface area (Å²) in [5.74, 6) is -0.785. The fraction of sp³-hybridized carbons (Fsp3) is 0.467. The topological polar surface area (TPSA) is 75.6 Å². The maximum Gasteiger partial charge on any atom is 0.244 e. The molecular formula is C15H20N2O3S. The first-order chi connectivity index (χ1) is 9.78. The molecule has 1 amide bonds. The molecule has 1 heterocycles. The number of hydrogen-bond acceptors (Lipinski definition) is 4. The third kappa shape index (κ3) is 3.91. The van der Waals surface area contributed by atoms with E-state index < -0.39 is 15.8 Å². The van der Waals surface area contributed by atoms with Crippen molar-refractivity contribution >= 4 is 21.5 Å². The number of carbonyl (C=O) groups excluding carboxylic acids is 1. The summed E-state index contributed by atoms with van der Waals surface area (Å²) in [6.45, 7) is 5.81. The molecule has 0 saturated carbocycles. The maximum absolute atomic E-state index is 11.9. The van der Waals surface area contributed by atoms with E-state index in [1.165, 1.54) is 0 Å². The van der Waals surface area contributed by atoms with Gasteiger partial charge in [0.05, 0.1) is 23.1 Å². The molecule has 114 valence electrons. The van der Waals surface area contributed by atoms with Crippen LogP contribution in [0.1, 0.15) is 30.0 Å². The number of carbonyl (C=O) groups is 1. The lowest BCUT2D eigenvalue weighted by molar-refractivity contribution is -0.124. The van der Waals surface area contributed by atoms with Gasteiger partial charge in [-0.1, -0.05) is 17.7 Å². The summed E-state index contributed by atoms with van der Waals surface area (Å²) in [6.07, 6.45) is 0.381. The number of aryl methyl sites for hydroxylation is 2. The van der Waals surface area contributed by atoms with Crippen LogP contribution >= 0.6 is 0 Å². The smallest absolute Gasteiger partial charge is 0.244 e. The molecule has 1 aliphatic heterocycles. The van der Waals surface area contributed by atoms with Crippen molar-refractivity contribution in [3.8, 4) is 0 Å². The SMILES string of the molecule is C/C(=N/NC(=O)[C@H]1CCS(=O)(=O)C1)c1cc(C)ccc1C. The minimum Gasteiger partial charge on any atom is -0.273 e. The van der Waals surface area contributed by atoms with E-state index in [-0.39, 0.29) is 17.4 Å². The molecule has 0 radical (unpaired) electrons. The largest absolute Gasteiger partial charge is 0.273 e. The molecule has 1 aliphatic rings. The third-order valence-electron chi connectivity index (χ3n) is 3.72. The highest BCUT2D eigenvalue weighted by Gasteiger charge is 2.32. The average Bonchev–Trinajstić information content (AvgIpc) is 2.79. The van der Waals surface area contributed by atoms with Crippen molar-refractivity contribution in [1.29, 1.82) is 0 Å². The fourth-order valence-corrected chi connectivity index (χ4v) is 4.16. The molecule has 0 bridgehead atoms. The van der Waals surface area contributed by atoms with E-state index in [9.17, 15) is 13.2 Å². The highest BCUT2D eigenvalue weighted by molar-refractivity contribution is 7.91. The minimum absolute atomic E-state index is 0.0725. The van der Waals surface area contributed by atoms with Gasteiger partial charge in [0.1, 0.15) is 0 Å². The molecule has 0 aromatic heterocycles. The predicted octanol–water partition coefficient (Wildman–Crippen LogP) is 1.58. The van der Waals surface area contributed by atoms with Gasteiger partial charge in [-0.2, -0.15) is 5.10 Å². The Labute approximate surface area is 125 Å². The summed E-state index contributed by atoms with van der Waals surface area (Å²) < 4.78 is 22.7. The standard InChI is InChI=1S/C15H20N2O3S/c1-10-4-5-11(2)14(8-10)12(3)16-17-15(18)13-6-7-21(19,20)9-13/h4-5,8,13H,6-7,9H2,1-3H3,(H,17,18)/b16-12-/t13-/m0/s1. The van der Waals surface area contributed by atoms with Gasteiger partial charge in [0, 0.05) is 5.56 Å². The lowest BCUT2D eigenvalue weighted by Crippen LogP contribution is -2.28. The van der Waals surface area contributed by atoms with E-state index in [0.29, 0.717) is 12.1 Å². The Bertz CT molecular complexity index is 693. The summed E-state index contributed by atoms with van der Waals surface area (Å²) in [5.41, 5.74) is 6.39. The molecule has 1 saturated heterocycles. The highest BCUT2D eigenvalue weighted by atomic mass is 32.2. The molecular weight excluding hydrogens is 288 g/mol. The van der Waals surface area contributed by atoms with Crippen molar-refractivity contribution in [2.75, 3.05) is 11.5 Å². The molecule has 1 fully saturated rings. The molecule has 21 heavy (non-hydrogen) atoms. The molecule has 2 rings (SSSR count). The number of sulfone groups is 1. The average molecular weight is 308 g/mol. The van der Waals surface area contributed by atoms with Crippen LogP contribution in [0.25, 0.3) is 0 Å². The van der Waals surface area contributed by atoms with E-state index in [1.807, 2.05) is 39.0 Å². The quantitative estimate of drug-likeness (QED) is 0.680. The van der Waals surface area contributed by atoms with Crippen molar-refractivity contribution in [1.82, 2.24) is 5.43 Å². The molecule has 1 N–H and O–H groups in total. The summed E-state index contributed by atoms with van der Waals surface area (Å²) >= 11 is 0. The van der Waals surface area contributed by atoms with E-state index in [2.05, 4.69) is 10.5 Å². The highest BCUT2D eigenvalue weighted by Crippen LogP contribution is 2.18. The van der Waals surface area contributed by atoms with Gasteiger partial charge in [-0.15, -0.1) is 0 Å². The van der Waals surface area contributed by atoms with Gasteiger partial charge in [0.15, 0.2) is 9.84 Å². The van der Waals surface area contributed by atoms with Gasteiger partial charge < -0.3 is 0 Å². The van der Waals surface area contributed by atoms with Gasteiger partial charge in [-0.3, -0.25) is 4.79 Å². The molecule has 5 nitrogen and oxygen atoms in total. The van der Waals surface area contributed by atoms with Crippen LogP contribution in [0.2, 0.25) is 0 Å². The van der Waals surface area contributed by atoms with Gasteiger partial charge in [0.25, 0.3) is 0 Å². The van der Waals surface area contributed by atoms with Crippen LogP contribution in [-0.4, -0.2) is 31.5 Å². The Kier molecular flexibility index (Phi) is 4.46. The maximum atomic E-state index is 11.9. The van der Waals surface area contributed by atoms with Crippen molar-refractivity contribution in [3.05, 3.63) is 34.9 Å². The summed E-state index contributed by atoms with van der Waals surface area (Å²) in [5, 5.41) is 4.11.